The first-order valence-corrected chi connectivity index (χ1v) is 9.97. The number of ether oxygens (including phenoxy) is 1. The number of thiophene rings is 1. The summed E-state index contributed by atoms with van der Waals surface area (Å²) in [4.78, 5) is 18.3. The number of benzene rings is 1. The normalized spacial score (nSPS) is 16.7. The Morgan fingerprint density at radius 1 is 1.27 bits per heavy atom. The average Bonchev–Trinajstić information content (AvgIpc) is 3.34. The van der Waals surface area contributed by atoms with Gasteiger partial charge in [-0.1, -0.05) is 30.3 Å². The molecule has 2 heterocycles. The molecule has 1 aromatic carbocycles. The van der Waals surface area contributed by atoms with Crippen LogP contribution in [0, 0.1) is 0 Å². The van der Waals surface area contributed by atoms with E-state index in [0.717, 1.165) is 38.2 Å². The number of hydrogen-bond donors (Lipinski definition) is 0. The van der Waals surface area contributed by atoms with Gasteiger partial charge in [-0.25, -0.2) is 0 Å². The summed E-state index contributed by atoms with van der Waals surface area (Å²) in [5, 5.41) is 2.08. The zero-order chi connectivity index (χ0) is 18.2. The van der Waals surface area contributed by atoms with Crippen LogP contribution >= 0.6 is 11.3 Å². The third-order valence-electron chi connectivity index (χ3n) is 4.48. The van der Waals surface area contributed by atoms with Gasteiger partial charge in [0.2, 0.25) is 5.91 Å². The molecule has 1 amide bonds. The fourth-order valence-electron chi connectivity index (χ4n) is 3.25. The maximum absolute atomic E-state index is 13.0. The summed E-state index contributed by atoms with van der Waals surface area (Å²) < 4.78 is 5.80. The van der Waals surface area contributed by atoms with Gasteiger partial charge in [-0.05, 0) is 36.4 Å². The zero-order valence-corrected chi connectivity index (χ0v) is 15.9. The van der Waals surface area contributed by atoms with Gasteiger partial charge in [0.25, 0.3) is 0 Å². The van der Waals surface area contributed by atoms with Crippen molar-refractivity contribution in [3.05, 3.63) is 65.4 Å². The van der Waals surface area contributed by atoms with Crippen molar-refractivity contribution in [2.24, 2.45) is 0 Å². The molecule has 0 N–H and O–H groups in total. The van der Waals surface area contributed by atoms with E-state index in [4.69, 9.17) is 4.74 Å². The second-order valence-corrected chi connectivity index (χ2v) is 7.54. The van der Waals surface area contributed by atoms with Crippen LogP contribution in [0.25, 0.3) is 0 Å². The van der Waals surface area contributed by atoms with Crippen molar-refractivity contribution in [2.45, 2.75) is 25.5 Å². The largest absolute Gasteiger partial charge is 0.377 e. The third kappa shape index (κ3) is 5.27. The minimum absolute atomic E-state index is 0.0886. The Hall–Kier alpha value is -1.95. The van der Waals surface area contributed by atoms with Crippen molar-refractivity contribution in [1.82, 2.24) is 4.90 Å². The van der Waals surface area contributed by atoms with Gasteiger partial charge in [-0.3, -0.25) is 9.69 Å². The fraction of sp³-hybridized carbons (Fsp3) is 0.381. The van der Waals surface area contributed by atoms with Crippen LogP contribution in [-0.4, -0.2) is 43.2 Å². The highest BCUT2D eigenvalue weighted by atomic mass is 32.1. The summed E-state index contributed by atoms with van der Waals surface area (Å²) in [6, 6.07) is 14.0. The first kappa shape index (κ1) is 18.8. The maximum Gasteiger partial charge on any atom is 0.241 e. The first-order valence-electron chi connectivity index (χ1n) is 9.09. The van der Waals surface area contributed by atoms with Crippen LogP contribution in [0.2, 0.25) is 0 Å². The number of hydrogen-bond acceptors (Lipinski definition) is 4. The van der Waals surface area contributed by atoms with Crippen LogP contribution in [0.3, 0.4) is 0 Å². The highest BCUT2D eigenvalue weighted by molar-refractivity contribution is 7.09. The molecular formula is C21H26N2O2S. The van der Waals surface area contributed by atoms with Gasteiger partial charge in [0.15, 0.2) is 0 Å². The number of para-hydroxylation sites is 1. The standard InChI is InChI=1S/C21H26N2O2S/c1-2-12-23(18-8-4-3-5-9-18)21(24)17-22(15-19-10-6-13-25-19)16-20-11-7-14-26-20/h2-5,7-9,11,14,19H,1,6,10,12-13,15-17H2. The topological polar surface area (TPSA) is 32.8 Å². The predicted octanol–water partition coefficient (Wildman–Crippen LogP) is 3.95. The Balaban J connectivity index is 1.70. The van der Waals surface area contributed by atoms with Gasteiger partial charge in [0, 0.05) is 36.8 Å². The first-order chi connectivity index (χ1) is 12.8. The van der Waals surface area contributed by atoms with Crippen molar-refractivity contribution < 1.29 is 9.53 Å². The van der Waals surface area contributed by atoms with Gasteiger partial charge < -0.3 is 9.64 Å². The number of amides is 1. The van der Waals surface area contributed by atoms with E-state index in [9.17, 15) is 4.79 Å². The van der Waals surface area contributed by atoms with Gasteiger partial charge in [0.05, 0.1) is 12.6 Å². The molecule has 0 saturated carbocycles. The predicted molar refractivity (Wildman–Crippen MR) is 108 cm³/mol. The summed E-state index contributed by atoms with van der Waals surface area (Å²) in [6.07, 6.45) is 4.18. The van der Waals surface area contributed by atoms with Crippen molar-refractivity contribution in [3.8, 4) is 0 Å². The van der Waals surface area contributed by atoms with Gasteiger partial charge in [-0.2, -0.15) is 0 Å². The summed E-state index contributed by atoms with van der Waals surface area (Å²) in [7, 11) is 0. The molecule has 1 aromatic heterocycles. The van der Waals surface area contributed by atoms with Crippen LogP contribution in [0.1, 0.15) is 17.7 Å². The number of rotatable bonds is 9. The molecule has 5 heteroatoms. The molecule has 0 spiro atoms. The van der Waals surface area contributed by atoms with E-state index >= 15 is 0 Å². The van der Waals surface area contributed by atoms with E-state index < -0.39 is 0 Å². The lowest BCUT2D eigenvalue weighted by molar-refractivity contribution is -0.120. The molecule has 2 aromatic rings. The molecule has 4 nitrogen and oxygen atoms in total. The van der Waals surface area contributed by atoms with Crippen molar-refractivity contribution >= 4 is 22.9 Å². The summed E-state index contributed by atoms with van der Waals surface area (Å²) in [6.45, 7) is 7.09. The van der Waals surface area contributed by atoms with Crippen molar-refractivity contribution in [3.63, 3.8) is 0 Å². The van der Waals surface area contributed by atoms with Crippen molar-refractivity contribution in [2.75, 3.05) is 31.1 Å². The SMILES string of the molecule is C=CCN(C(=O)CN(Cc1cccs1)CC1CCCO1)c1ccccc1. The summed E-state index contributed by atoms with van der Waals surface area (Å²) in [5.41, 5.74) is 0.908. The second-order valence-electron chi connectivity index (χ2n) is 6.51. The molecule has 138 valence electrons. The van der Waals surface area contributed by atoms with Gasteiger partial charge >= 0.3 is 0 Å². The van der Waals surface area contributed by atoms with E-state index in [1.54, 1.807) is 22.3 Å². The minimum atomic E-state index is 0.0886. The van der Waals surface area contributed by atoms with Crippen LogP contribution in [-0.2, 0) is 16.1 Å². The van der Waals surface area contributed by atoms with Crippen LogP contribution in [0.15, 0.2) is 60.5 Å². The minimum Gasteiger partial charge on any atom is -0.377 e. The van der Waals surface area contributed by atoms with E-state index in [1.165, 1.54) is 4.88 Å². The third-order valence-corrected chi connectivity index (χ3v) is 5.35. The van der Waals surface area contributed by atoms with Crippen LogP contribution in [0.5, 0.6) is 0 Å². The zero-order valence-electron chi connectivity index (χ0n) is 15.0. The molecule has 1 unspecified atom stereocenters. The lowest BCUT2D eigenvalue weighted by atomic mass is 10.2. The molecule has 0 aliphatic carbocycles. The summed E-state index contributed by atoms with van der Waals surface area (Å²) in [5.74, 6) is 0.0886. The Kier molecular flexibility index (Phi) is 7.00. The molecule has 1 aliphatic heterocycles. The highest BCUT2D eigenvalue weighted by Gasteiger charge is 2.23. The fourth-order valence-corrected chi connectivity index (χ4v) is 4.00. The monoisotopic (exact) mass is 370 g/mol. The Labute approximate surface area is 159 Å². The van der Waals surface area contributed by atoms with E-state index in [-0.39, 0.29) is 12.0 Å². The molecule has 1 fully saturated rings. The van der Waals surface area contributed by atoms with E-state index in [1.807, 2.05) is 30.3 Å². The highest BCUT2D eigenvalue weighted by Crippen LogP contribution is 2.19. The Bertz CT molecular complexity index is 681. The quantitative estimate of drug-likeness (QED) is 0.627. The Morgan fingerprint density at radius 2 is 2.12 bits per heavy atom. The average molecular weight is 371 g/mol. The van der Waals surface area contributed by atoms with Crippen molar-refractivity contribution in [1.29, 1.82) is 0 Å². The van der Waals surface area contributed by atoms with Gasteiger partial charge in [0.1, 0.15) is 0 Å². The second kappa shape index (κ2) is 9.67. The molecule has 0 radical (unpaired) electrons. The van der Waals surface area contributed by atoms with Crippen LogP contribution in [0.4, 0.5) is 5.69 Å². The van der Waals surface area contributed by atoms with Gasteiger partial charge in [-0.15, -0.1) is 17.9 Å². The molecular weight excluding hydrogens is 344 g/mol. The lowest BCUT2D eigenvalue weighted by Gasteiger charge is -2.28. The molecule has 0 bridgehead atoms. The van der Waals surface area contributed by atoms with E-state index in [0.29, 0.717) is 13.1 Å². The lowest BCUT2D eigenvalue weighted by Crippen LogP contribution is -2.42. The van der Waals surface area contributed by atoms with Crippen LogP contribution < -0.4 is 4.90 Å². The molecule has 26 heavy (non-hydrogen) atoms. The number of carbonyl (C=O) groups excluding carboxylic acids is 1. The summed E-state index contributed by atoms with van der Waals surface area (Å²) >= 11 is 1.73. The molecule has 1 atom stereocenters. The smallest absolute Gasteiger partial charge is 0.241 e. The molecule has 1 saturated heterocycles. The number of nitrogens with zero attached hydrogens (tertiary/aromatic N) is 2. The number of carbonyl (C=O) groups is 1. The number of anilines is 1. The molecule has 1 aliphatic rings. The maximum atomic E-state index is 13.0. The Morgan fingerprint density at radius 3 is 2.77 bits per heavy atom. The molecule has 3 rings (SSSR count). The van der Waals surface area contributed by atoms with E-state index in [2.05, 4.69) is 29.0 Å².